The normalized spacial score (nSPS) is 21.4. The highest BCUT2D eigenvalue weighted by Gasteiger charge is 2.49. The van der Waals surface area contributed by atoms with Crippen molar-refractivity contribution in [3.8, 4) is 23.0 Å². The van der Waals surface area contributed by atoms with Gasteiger partial charge >= 0.3 is 6.01 Å². The van der Waals surface area contributed by atoms with Crippen LogP contribution >= 0.6 is 0 Å². The summed E-state index contributed by atoms with van der Waals surface area (Å²) in [5.74, 6) is -0.396. The maximum atomic E-state index is 17.1. The highest BCUT2D eigenvalue weighted by Crippen LogP contribution is 2.42. The van der Waals surface area contributed by atoms with Gasteiger partial charge in [-0.1, -0.05) is 13.0 Å². The van der Waals surface area contributed by atoms with Crippen LogP contribution in [0.2, 0.25) is 0 Å². The minimum absolute atomic E-state index is 0.000178. The van der Waals surface area contributed by atoms with Crippen LogP contribution in [0.4, 0.5) is 19.0 Å². The Morgan fingerprint density at radius 3 is 2.69 bits per heavy atom. The van der Waals surface area contributed by atoms with E-state index in [1.807, 2.05) is 11.8 Å². The predicted molar refractivity (Wildman–Crippen MR) is 180 cm³/mol. The van der Waals surface area contributed by atoms with Crippen molar-refractivity contribution in [2.75, 3.05) is 58.6 Å². The van der Waals surface area contributed by atoms with E-state index in [4.69, 9.17) is 19.2 Å². The number of anilines is 1. The second kappa shape index (κ2) is 13.6. The third-order valence-electron chi connectivity index (χ3n) is 10.4. The van der Waals surface area contributed by atoms with Crippen LogP contribution in [0, 0.1) is 17.6 Å². The Morgan fingerprint density at radius 1 is 1.12 bits per heavy atom. The molecule has 49 heavy (non-hydrogen) atoms. The molecule has 5 heterocycles. The minimum Gasteiger partial charge on any atom is -0.468 e. The lowest BCUT2D eigenvalue weighted by atomic mass is 9.94. The van der Waals surface area contributed by atoms with Gasteiger partial charge in [-0.2, -0.15) is 9.97 Å². The fourth-order valence-corrected chi connectivity index (χ4v) is 7.95. The molecular formula is C36H41F3N6O4. The third kappa shape index (κ3) is 6.11. The number of rotatable bonds is 10. The SMILES string of the molecule is CCc1c(F)ccc2cc(OCOC)cc(-c3ncc4c(N5CCC(C(=O)NC)CC5)nc(OC[C@@]56CCCN5C[C@H](F)C6)nc4c3F)c12. The van der Waals surface area contributed by atoms with E-state index in [-0.39, 0.29) is 42.4 Å². The number of carbonyl (C=O) groups excluding carboxylic acids is 1. The molecule has 3 fully saturated rings. The number of piperidine rings is 1. The van der Waals surface area contributed by atoms with Crippen molar-refractivity contribution in [1.82, 2.24) is 25.2 Å². The number of aryl methyl sites for hydroxylation is 1. The lowest BCUT2D eigenvalue weighted by molar-refractivity contribution is -0.125. The van der Waals surface area contributed by atoms with E-state index in [1.165, 1.54) is 13.2 Å². The summed E-state index contributed by atoms with van der Waals surface area (Å²) in [5, 5.41) is 4.31. The standard InChI is InChI=1S/C36H41F3N6O4/c1-4-25-28(38)7-6-22-14-24(49-20-47-3)15-26(29(22)25)31-30(39)32-27(17-41-31)33(44-12-8-21(9-13-44)34(46)40-2)43-35(42-32)48-19-36-10-5-11-45(36)18-23(37)16-36/h6-7,14-15,17,21,23H,4-5,8-13,16,18-20H2,1-3H3,(H,40,46)/t23-,36+/m1/s1. The molecule has 1 amide bonds. The molecular weight excluding hydrogens is 637 g/mol. The molecule has 260 valence electrons. The molecule has 1 N–H and O–H groups in total. The van der Waals surface area contributed by atoms with E-state index in [1.54, 1.807) is 31.4 Å². The first-order chi connectivity index (χ1) is 23.7. The highest BCUT2D eigenvalue weighted by atomic mass is 19.1. The number of aromatic nitrogens is 3. The van der Waals surface area contributed by atoms with Gasteiger partial charge in [0.15, 0.2) is 12.6 Å². The maximum absolute atomic E-state index is 17.1. The van der Waals surface area contributed by atoms with Crippen LogP contribution in [0.3, 0.4) is 0 Å². The Hall–Kier alpha value is -4.23. The van der Waals surface area contributed by atoms with Crippen LogP contribution in [0.5, 0.6) is 11.8 Å². The molecule has 2 aromatic heterocycles. The van der Waals surface area contributed by atoms with E-state index in [0.29, 0.717) is 84.2 Å². The summed E-state index contributed by atoms with van der Waals surface area (Å²) in [4.78, 5) is 30.5. The average Bonchev–Trinajstić information content (AvgIpc) is 3.65. The van der Waals surface area contributed by atoms with Gasteiger partial charge in [-0.3, -0.25) is 14.7 Å². The van der Waals surface area contributed by atoms with Crippen LogP contribution in [0.15, 0.2) is 30.5 Å². The van der Waals surface area contributed by atoms with Crippen LogP contribution in [0.1, 0.15) is 44.6 Å². The summed E-state index contributed by atoms with van der Waals surface area (Å²) in [6, 6.07) is 6.42. The summed E-state index contributed by atoms with van der Waals surface area (Å²) in [6.07, 6.45) is 4.29. The van der Waals surface area contributed by atoms with E-state index < -0.39 is 23.3 Å². The van der Waals surface area contributed by atoms with Crippen LogP contribution in [-0.2, 0) is 16.0 Å². The fraction of sp³-hybridized carbons (Fsp3) is 0.500. The number of benzene rings is 2. The van der Waals surface area contributed by atoms with E-state index in [0.717, 1.165) is 19.4 Å². The molecule has 7 rings (SSSR count). The second-order valence-electron chi connectivity index (χ2n) is 13.3. The van der Waals surface area contributed by atoms with Gasteiger partial charge in [-0.15, -0.1) is 0 Å². The Labute approximate surface area is 282 Å². The molecule has 4 aromatic rings. The Bertz CT molecular complexity index is 1890. The maximum Gasteiger partial charge on any atom is 0.319 e. The lowest BCUT2D eigenvalue weighted by Gasteiger charge is -2.33. The monoisotopic (exact) mass is 678 g/mol. The Balaban J connectivity index is 1.35. The molecule has 0 bridgehead atoms. The molecule has 2 atom stereocenters. The summed E-state index contributed by atoms with van der Waals surface area (Å²) in [5.41, 5.74) is 0.315. The van der Waals surface area contributed by atoms with Gasteiger partial charge in [0.1, 0.15) is 41.4 Å². The van der Waals surface area contributed by atoms with Gasteiger partial charge in [-0.05, 0) is 73.2 Å². The van der Waals surface area contributed by atoms with Gasteiger partial charge in [-0.25, -0.2) is 13.2 Å². The third-order valence-corrected chi connectivity index (χ3v) is 10.4. The number of nitrogens with one attached hydrogen (secondary N) is 1. The minimum atomic E-state index is -0.930. The number of ether oxygens (including phenoxy) is 3. The Kier molecular flexibility index (Phi) is 9.23. The molecule has 0 spiro atoms. The largest absolute Gasteiger partial charge is 0.468 e. The van der Waals surface area contributed by atoms with Gasteiger partial charge in [0.25, 0.3) is 0 Å². The number of alkyl halides is 1. The smallest absolute Gasteiger partial charge is 0.319 e. The quantitative estimate of drug-likeness (QED) is 0.215. The van der Waals surface area contributed by atoms with Crippen LogP contribution in [0.25, 0.3) is 32.9 Å². The van der Waals surface area contributed by atoms with Crippen molar-refractivity contribution in [2.45, 2.75) is 57.2 Å². The first kappa shape index (κ1) is 33.3. The number of amides is 1. The number of fused-ring (bicyclic) bond motifs is 3. The van der Waals surface area contributed by atoms with Gasteiger partial charge in [0.2, 0.25) is 5.91 Å². The van der Waals surface area contributed by atoms with E-state index in [9.17, 15) is 9.18 Å². The number of methoxy groups -OCH3 is 1. The second-order valence-corrected chi connectivity index (χ2v) is 13.3. The predicted octanol–water partition coefficient (Wildman–Crippen LogP) is 5.59. The van der Waals surface area contributed by atoms with Crippen molar-refractivity contribution in [3.05, 3.63) is 47.7 Å². The Morgan fingerprint density at radius 2 is 1.94 bits per heavy atom. The van der Waals surface area contributed by atoms with Gasteiger partial charge in [0, 0.05) is 57.9 Å². The highest BCUT2D eigenvalue weighted by molar-refractivity contribution is 6.02. The summed E-state index contributed by atoms with van der Waals surface area (Å²) in [7, 11) is 3.13. The summed E-state index contributed by atoms with van der Waals surface area (Å²) >= 11 is 0. The van der Waals surface area contributed by atoms with Crippen molar-refractivity contribution < 1.29 is 32.2 Å². The van der Waals surface area contributed by atoms with Crippen molar-refractivity contribution in [3.63, 3.8) is 0 Å². The number of pyridine rings is 1. The molecule has 3 aliphatic heterocycles. The average molecular weight is 679 g/mol. The first-order valence-electron chi connectivity index (χ1n) is 17.0. The molecule has 0 radical (unpaired) electrons. The topological polar surface area (TPSA) is 102 Å². The van der Waals surface area contributed by atoms with Crippen molar-refractivity contribution >= 4 is 33.4 Å². The fourth-order valence-electron chi connectivity index (χ4n) is 7.95. The summed E-state index contributed by atoms with van der Waals surface area (Å²) in [6.45, 7) is 4.19. The number of carbonyl (C=O) groups is 1. The van der Waals surface area contributed by atoms with Crippen LogP contribution < -0.4 is 19.7 Å². The molecule has 3 aliphatic rings. The van der Waals surface area contributed by atoms with Gasteiger partial charge < -0.3 is 24.4 Å². The van der Waals surface area contributed by atoms with E-state index in [2.05, 4.69) is 20.2 Å². The molecule has 3 saturated heterocycles. The molecule has 2 aromatic carbocycles. The zero-order chi connectivity index (χ0) is 34.3. The number of hydrogen-bond donors (Lipinski definition) is 1. The van der Waals surface area contributed by atoms with E-state index >= 15 is 8.78 Å². The molecule has 0 saturated carbocycles. The molecule has 10 nitrogen and oxygen atoms in total. The zero-order valence-corrected chi connectivity index (χ0v) is 28.0. The summed E-state index contributed by atoms with van der Waals surface area (Å²) < 4.78 is 63.8. The lowest BCUT2D eigenvalue weighted by Crippen LogP contribution is -2.43. The molecule has 0 unspecified atom stereocenters. The number of hydrogen-bond acceptors (Lipinski definition) is 9. The zero-order valence-electron chi connectivity index (χ0n) is 28.0. The van der Waals surface area contributed by atoms with Crippen molar-refractivity contribution in [1.29, 1.82) is 0 Å². The van der Waals surface area contributed by atoms with Crippen LogP contribution in [-0.4, -0.2) is 91.2 Å². The van der Waals surface area contributed by atoms with Crippen molar-refractivity contribution in [2.24, 2.45) is 5.92 Å². The number of nitrogens with zero attached hydrogens (tertiary/aromatic N) is 5. The number of halogens is 3. The first-order valence-corrected chi connectivity index (χ1v) is 17.0. The van der Waals surface area contributed by atoms with Gasteiger partial charge in [0.05, 0.1) is 10.9 Å². The molecule has 13 heteroatoms. The molecule has 0 aliphatic carbocycles.